The van der Waals surface area contributed by atoms with Gasteiger partial charge in [-0.3, -0.25) is 4.98 Å². The van der Waals surface area contributed by atoms with E-state index in [4.69, 9.17) is 5.73 Å². The van der Waals surface area contributed by atoms with Crippen LogP contribution >= 0.6 is 0 Å². The van der Waals surface area contributed by atoms with Gasteiger partial charge in [0.05, 0.1) is 11.2 Å². The fourth-order valence-corrected chi connectivity index (χ4v) is 1.39. The number of aliphatic hydroxyl groups is 1. The maximum atomic E-state index is 9.50. The third-order valence-electron chi connectivity index (χ3n) is 2.18. The number of fused-ring (bicyclic) bond motifs is 1. The summed E-state index contributed by atoms with van der Waals surface area (Å²) in [4.78, 5) is 4.32. The molecule has 0 aliphatic heterocycles. The number of aliphatic hydroxyl groups excluding tert-OH is 1. The summed E-state index contributed by atoms with van der Waals surface area (Å²) in [6.07, 6.45) is -0.667. The molecule has 0 radical (unpaired) electrons. The van der Waals surface area contributed by atoms with Crippen LogP contribution in [0.15, 0.2) is 36.4 Å². The Labute approximate surface area is 82.2 Å². The zero-order chi connectivity index (χ0) is 9.97. The number of hydrogen-bond donors (Lipinski definition) is 2. The second-order valence-corrected chi connectivity index (χ2v) is 3.18. The average molecular weight is 188 g/mol. The lowest BCUT2D eigenvalue weighted by molar-refractivity contribution is 0.182. The largest absolute Gasteiger partial charge is 0.385 e. The van der Waals surface area contributed by atoms with E-state index in [2.05, 4.69) is 4.98 Å². The van der Waals surface area contributed by atoms with Gasteiger partial charge >= 0.3 is 0 Å². The van der Waals surface area contributed by atoms with Crippen LogP contribution in [0.4, 0.5) is 0 Å². The maximum absolute atomic E-state index is 9.50. The van der Waals surface area contributed by atoms with Crippen molar-refractivity contribution in [3.63, 3.8) is 0 Å². The molecule has 0 amide bonds. The number of rotatable bonds is 2. The summed E-state index contributed by atoms with van der Waals surface area (Å²) in [5.74, 6) is 0. The summed E-state index contributed by atoms with van der Waals surface area (Å²) < 4.78 is 0. The lowest BCUT2D eigenvalue weighted by atomic mass is 10.1. The molecule has 0 saturated heterocycles. The van der Waals surface area contributed by atoms with Crippen LogP contribution in [0.5, 0.6) is 0 Å². The third-order valence-corrected chi connectivity index (χ3v) is 2.18. The van der Waals surface area contributed by atoms with Crippen LogP contribution in [0.3, 0.4) is 0 Å². The molecule has 3 heteroatoms. The van der Waals surface area contributed by atoms with Gasteiger partial charge in [-0.15, -0.1) is 0 Å². The Kier molecular flexibility index (Phi) is 2.43. The molecular formula is C11H12N2O. The van der Waals surface area contributed by atoms with Gasteiger partial charge in [0.2, 0.25) is 0 Å². The van der Waals surface area contributed by atoms with Gasteiger partial charge in [-0.2, -0.15) is 0 Å². The van der Waals surface area contributed by atoms with E-state index >= 15 is 0 Å². The number of para-hydroxylation sites is 1. The van der Waals surface area contributed by atoms with Crippen molar-refractivity contribution in [1.29, 1.82) is 0 Å². The minimum atomic E-state index is -0.667. The molecule has 1 aromatic carbocycles. The van der Waals surface area contributed by atoms with Crippen molar-refractivity contribution in [3.05, 3.63) is 42.1 Å². The maximum Gasteiger partial charge on any atom is 0.108 e. The Hall–Kier alpha value is -1.45. The molecule has 2 aromatic rings. The average Bonchev–Trinajstić information content (AvgIpc) is 2.27. The standard InChI is InChI=1S/C11H12N2O/c12-7-11(14)10-6-5-8-3-1-2-4-9(8)13-10/h1-6,11,14H,7,12H2. The molecule has 72 valence electrons. The fraction of sp³-hybridized carbons (Fsp3) is 0.182. The van der Waals surface area contributed by atoms with E-state index in [1.165, 1.54) is 0 Å². The molecule has 1 unspecified atom stereocenters. The van der Waals surface area contributed by atoms with E-state index in [-0.39, 0.29) is 6.54 Å². The Morgan fingerprint density at radius 3 is 2.79 bits per heavy atom. The molecular weight excluding hydrogens is 176 g/mol. The van der Waals surface area contributed by atoms with E-state index in [9.17, 15) is 5.11 Å². The minimum absolute atomic E-state index is 0.200. The number of nitrogens with zero attached hydrogens (tertiary/aromatic N) is 1. The van der Waals surface area contributed by atoms with Crippen LogP contribution in [0.1, 0.15) is 11.8 Å². The summed E-state index contributed by atoms with van der Waals surface area (Å²) >= 11 is 0. The van der Waals surface area contributed by atoms with Crippen molar-refractivity contribution in [2.75, 3.05) is 6.54 Å². The van der Waals surface area contributed by atoms with Gasteiger partial charge < -0.3 is 10.8 Å². The lowest BCUT2D eigenvalue weighted by Crippen LogP contribution is -2.12. The molecule has 0 aliphatic rings. The predicted molar refractivity (Wildman–Crippen MR) is 55.8 cm³/mol. The first-order valence-electron chi connectivity index (χ1n) is 4.55. The first-order chi connectivity index (χ1) is 6.81. The van der Waals surface area contributed by atoms with E-state index < -0.39 is 6.10 Å². The van der Waals surface area contributed by atoms with Gasteiger partial charge in [0.25, 0.3) is 0 Å². The van der Waals surface area contributed by atoms with Crippen molar-refractivity contribution in [3.8, 4) is 0 Å². The second-order valence-electron chi connectivity index (χ2n) is 3.18. The monoisotopic (exact) mass is 188 g/mol. The molecule has 14 heavy (non-hydrogen) atoms. The molecule has 0 saturated carbocycles. The van der Waals surface area contributed by atoms with Crippen LogP contribution in [-0.2, 0) is 0 Å². The lowest BCUT2D eigenvalue weighted by Gasteiger charge is -2.07. The van der Waals surface area contributed by atoms with Crippen LogP contribution in [0, 0.1) is 0 Å². The van der Waals surface area contributed by atoms with Gasteiger partial charge in [-0.25, -0.2) is 0 Å². The Morgan fingerprint density at radius 2 is 2.00 bits per heavy atom. The van der Waals surface area contributed by atoms with Crippen LogP contribution in [-0.4, -0.2) is 16.6 Å². The Morgan fingerprint density at radius 1 is 1.21 bits per heavy atom. The van der Waals surface area contributed by atoms with E-state index in [1.54, 1.807) is 6.07 Å². The summed E-state index contributed by atoms with van der Waals surface area (Å²) in [6.45, 7) is 0.200. The number of benzene rings is 1. The van der Waals surface area contributed by atoms with Gasteiger partial charge in [-0.1, -0.05) is 24.3 Å². The first kappa shape index (κ1) is 9.12. The number of nitrogens with two attached hydrogens (primary N) is 1. The SMILES string of the molecule is NCC(O)c1ccc2ccccc2n1. The van der Waals surface area contributed by atoms with Crippen molar-refractivity contribution in [2.45, 2.75) is 6.10 Å². The number of aromatic nitrogens is 1. The van der Waals surface area contributed by atoms with Crippen LogP contribution in [0.2, 0.25) is 0 Å². The van der Waals surface area contributed by atoms with Gasteiger partial charge in [-0.05, 0) is 12.1 Å². The molecule has 1 heterocycles. The van der Waals surface area contributed by atoms with Gasteiger partial charge in [0.15, 0.2) is 0 Å². The summed E-state index contributed by atoms with van der Waals surface area (Å²) in [7, 11) is 0. The van der Waals surface area contributed by atoms with Crippen molar-refractivity contribution >= 4 is 10.9 Å². The molecule has 1 atom stereocenters. The molecule has 0 spiro atoms. The highest BCUT2D eigenvalue weighted by Gasteiger charge is 2.06. The topological polar surface area (TPSA) is 59.1 Å². The van der Waals surface area contributed by atoms with Crippen LogP contribution < -0.4 is 5.73 Å². The summed E-state index contributed by atoms with van der Waals surface area (Å²) in [6, 6.07) is 11.5. The highest BCUT2D eigenvalue weighted by Crippen LogP contribution is 2.15. The quantitative estimate of drug-likeness (QED) is 0.745. The summed E-state index contributed by atoms with van der Waals surface area (Å²) in [5.41, 5.74) is 6.88. The first-order valence-corrected chi connectivity index (χ1v) is 4.55. The molecule has 0 aliphatic carbocycles. The van der Waals surface area contributed by atoms with Crippen molar-refractivity contribution in [1.82, 2.24) is 4.98 Å². The molecule has 0 bridgehead atoms. The van der Waals surface area contributed by atoms with E-state index in [1.807, 2.05) is 30.3 Å². The molecule has 0 fully saturated rings. The molecule has 1 aromatic heterocycles. The Balaban J connectivity index is 2.51. The zero-order valence-corrected chi connectivity index (χ0v) is 7.72. The van der Waals surface area contributed by atoms with Gasteiger partial charge in [0, 0.05) is 11.9 Å². The van der Waals surface area contributed by atoms with Crippen molar-refractivity contribution in [2.24, 2.45) is 5.73 Å². The normalized spacial score (nSPS) is 13.0. The molecule has 2 rings (SSSR count). The van der Waals surface area contributed by atoms with E-state index in [0.717, 1.165) is 10.9 Å². The van der Waals surface area contributed by atoms with Crippen LogP contribution in [0.25, 0.3) is 10.9 Å². The highest BCUT2D eigenvalue weighted by molar-refractivity contribution is 5.78. The zero-order valence-electron chi connectivity index (χ0n) is 7.72. The highest BCUT2D eigenvalue weighted by atomic mass is 16.3. The summed E-state index contributed by atoms with van der Waals surface area (Å²) in [5, 5.41) is 10.6. The number of pyridine rings is 1. The van der Waals surface area contributed by atoms with Gasteiger partial charge in [0.1, 0.15) is 6.10 Å². The molecule has 3 nitrogen and oxygen atoms in total. The minimum Gasteiger partial charge on any atom is -0.385 e. The predicted octanol–water partition coefficient (Wildman–Crippen LogP) is 1.23. The van der Waals surface area contributed by atoms with E-state index in [0.29, 0.717) is 5.69 Å². The van der Waals surface area contributed by atoms with Crippen molar-refractivity contribution < 1.29 is 5.11 Å². The Bertz CT molecular complexity index is 442. The molecule has 3 N–H and O–H groups in total. The fourth-order valence-electron chi connectivity index (χ4n) is 1.39. The number of hydrogen-bond acceptors (Lipinski definition) is 3. The second kappa shape index (κ2) is 3.74. The third kappa shape index (κ3) is 1.60. The smallest absolute Gasteiger partial charge is 0.108 e.